The Morgan fingerprint density at radius 1 is 1.20 bits per heavy atom. The molecule has 9 heteroatoms. The molecular formula is C11H7N2NaO6. The van der Waals surface area contributed by atoms with Crippen molar-refractivity contribution < 1.29 is 54.0 Å². The summed E-state index contributed by atoms with van der Waals surface area (Å²) in [4.78, 5) is 44.7. The van der Waals surface area contributed by atoms with Gasteiger partial charge in [-0.2, -0.15) is 0 Å². The van der Waals surface area contributed by atoms with Crippen molar-refractivity contribution in [1.29, 1.82) is 0 Å². The Morgan fingerprint density at radius 3 is 2.35 bits per heavy atom. The number of hydrogen-bond donors (Lipinski definition) is 0. The Kier molecular flexibility index (Phi) is 4.98. The molecule has 0 N–H and O–H groups in total. The number of hydrogen-bond acceptors (Lipinski definition) is 6. The van der Waals surface area contributed by atoms with Crippen molar-refractivity contribution >= 4 is 23.5 Å². The standard InChI is InChI=1S/C11H8N2O6.Na/c14-9(15)3-4-12-10(16)7-2-1-6(13(18)19)5-8(7)11(12)17;/h1-2,5H,3-4H2,(H,14,15);/q;+1/p-1. The van der Waals surface area contributed by atoms with Crippen molar-refractivity contribution in [2.45, 2.75) is 6.42 Å². The van der Waals surface area contributed by atoms with Crippen LogP contribution in [0.3, 0.4) is 0 Å². The van der Waals surface area contributed by atoms with Gasteiger partial charge in [-0.25, -0.2) is 0 Å². The van der Waals surface area contributed by atoms with Crippen molar-refractivity contribution in [3.63, 3.8) is 0 Å². The maximum absolute atomic E-state index is 11.9. The summed E-state index contributed by atoms with van der Waals surface area (Å²) in [6.07, 6.45) is -0.479. The smallest absolute Gasteiger partial charge is 0.550 e. The number of benzene rings is 1. The Morgan fingerprint density at radius 2 is 1.80 bits per heavy atom. The third-order valence-electron chi connectivity index (χ3n) is 2.70. The van der Waals surface area contributed by atoms with Gasteiger partial charge in [0.1, 0.15) is 0 Å². The minimum atomic E-state index is -1.39. The number of non-ortho nitro benzene ring substituents is 1. The Bertz CT molecular complexity index is 615. The maximum atomic E-state index is 11.9. The summed E-state index contributed by atoms with van der Waals surface area (Å²) in [7, 11) is 0. The summed E-state index contributed by atoms with van der Waals surface area (Å²) in [6.45, 7) is -0.317. The maximum Gasteiger partial charge on any atom is 1.00 e. The number of nitro benzene ring substituents is 1. The van der Waals surface area contributed by atoms with E-state index in [9.17, 15) is 29.6 Å². The number of carbonyl (C=O) groups excluding carboxylic acids is 3. The minimum absolute atomic E-state index is 0. The first-order valence-corrected chi connectivity index (χ1v) is 5.26. The average Bonchev–Trinajstić information content (AvgIpc) is 2.59. The van der Waals surface area contributed by atoms with Crippen LogP contribution in [0.4, 0.5) is 5.69 Å². The third-order valence-corrected chi connectivity index (χ3v) is 2.70. The second kappa shape index (κ2) is 6.12. The van der Waals surface area contributed by atoms with Crippen molar-refractivity contribution in [3.05, 3.63) is 39.4 Å². The molecule has 1 aliphatic rings. The van der Waals surface area contributed by atoms with Crippen LogP contribution in [0.15, 0.2) is 18.2 Å². The predicted molar refractivity (Wildman–Crippen MR) is 58.1 cm³/mol. The molecule has 98 valence electrons. The molecule has 0 unspecified atom stereocenters. The van der Waals surface area contributed by atoms with Crippen molar-refractivity contribution in [2.75, 3.05) is 6.54 Å². The van der Waals surface area contributed by atoms with Gasteiger partial charge in [0.2, 0.25) is 0 Å². The van der Waals surface area contributed by atoms with Crippen molar-refractivity contribution in [3.8, 4) is 0 Å². The second-order valence-corrected chi connectivity index (χ2v) is 3.87. The van der Waals surface area contributed by atoms with Gasteiger partial charge in [-0.15, -0.1) is 0 Å². The zero-order valence-corrected chi connectivity index (χ0v) is 12.5. The number of imide groups is 1. The molecule has 1 aromatic rings. The van der Waals surface area contributed by atoms with Gasteiger partial charge in [-0.3, -0.25) is 24.6 Å². The minimum Gasteiger partial charge on any atom is -0.550 e. The van der Waals surface area contributed by atoms with Gasteiger partial charge >= 0.3 is 29.6 Å². The molecule has 2 amide bonds. The van der Waals surface area contributed by atoms with E-state index in [0.29, 0.717) is 0 Å². The number of carbonyl (C=O) groups is 3. The van der Waals surface area contributed by atoms with E-state index in [4.69, 9.17) is 0 Å². The summed E-state index contributed by atoms with van der Waals surface area (Å²) in [6, 6.07) is 3.31. The average molecular weight is 286 g/mol. The van der Waals surface area contributed by atoms with E-state index >= 15 is 0 Å². The van der Waals surface area contributed by atoms with Gasteiger partial charge in [-0.1, -0.05) is 0 Å². The van der Waals surface area contributed by atoms with Crippen LogP contribution in [0.25, 0.3) is 0 Å². The van der Waals surface area contributed by atoms with Crippen LogP contribution in [0.5, 0.6) is 0 Å². The molecule has 0 aromatic heterocycles. The largest absolute Gasteiger partial charge is 1.00 e. The number of amides is 2. The molecule has 1 aromatic carbocycles. The Hall–Kier alpha value is -1.77. The fourth-order valence-electron chi connectivity index (χ4n) is 1.80. The number of carboxylic acids is 1. The quantitative estimate of drug-likeness (QED) is 0.243. The van der Waals surface area contributed by atoms with Crippen LogP contribution < -0.4 is 34.7 Å². The first-order chi connectivity index (χ1) is 8.91. The van der Waals surface area contributed by atoms with Gasteiger partial charge in [0.25, 0.3) is 17.5 Å². The predicted octanol–water partition coefficient (Wildman–Crippen LogP) is -3.67. The van der Waals surface area contributed by atoms with Gasteiger partial charge in [-0.05, 0) is 6.07 Å². The number of fused-ring (bicyclic) bond motifs is 1. The molecule has 0 saturated carbocycles. The monoisotopic (exact) mass is 286 g/mol. The van der Waals surface area contributed by atoms with Crippen LogP contribution in [-0.2, 0) is 4.79 Å². The molecule has 20 heavy (non-hydrogen) atoms. The summed E-state index contributed by atoms with van der Waals surface area (Å²) in [5.74, 6) is -2.77. The third kappa shape index (κ3) is 2.87. The van der Waals surface area contributed by atoms with Crippen LogP contribution in [-0.4, -0.2) is 34.2 Å². The summed E-state index contributed by atoms with van der Waals surface area (Å²) >= 11 is 0. The number of nitro groups is 1. The second-order valence-electron chi connectivity index (χ2n) is 3.87. The van der Waals surface area contributed by atoms with Gasteiger partial charge in [0, 0.05) is 31.1 Å². The topological polar surface area (TPSA) is 121 Å². The molecule has 0 bridgehead atoms. The first kappa shape index (κ1) is 16.3. The normalized spacial score (nSPS) is 12.9. The van der Waals surface area contributed by atoms with Crippen molar-refractivity contribution in [2.24, 2.45) is 0 Å². The van der Waals surface area contributed by atoms with E-state index in [1.54, 1.807) is 0 Å². The van der Waals surface area contributed by atoms with Crippen LogP contribution in [0, 0.1) is 10.1 Å². The molecule has 0 atom stereocenters. The number of carboxylic acid groups (broad SMARTS) is 1. The van der Waals surface area contributed by atoms with E-state index in [1.807, 2.05) is 0 Å². The van der Waals surface area contributed by atoms with E-state index in [2.05, 4.69) is 0 Å². The van der Waals surface area contributed by atoms with Gasteiger partial charge in [0.05, 0.1) is 16.1 Å². The molecule has 0 aliphatic carbocycles. The fraction of sp³-hybridized carbons (Fsp3) is 0.182. The Labute approximate surface area is 134 Å². The SMILES string of the molecule is O=C([O-])CCN1C(=O)c2ccc([N+](=O)[O-])cc2C1=O.[Na+]. The van der Waals surface area contributed by atoms with Crippen LogP contribution in [0.1, 0.15) is 27.1 Å². The molecule has 2 rings (SSSR count). The molecule has 0 radical (unpaired) electrons. The molecular weight excluding hydrogens is 279 g/mol. The summed E-state index contributed by atoms with van der Waals surface area (Å²) in [5, 5.41) is 20.9. The fourth-order valence-corrected chi connectivity index (χ4v) is 1.80. The van der Waals surface area contributed by atoms with Gasteiger partial charge < -0.3 is 9.90 Å². The molecule has 1 heterocycles. The van der Waals surface area contributed by atoms with Crippen molar-refractivity contribution in [1.82, 2.24) is 4.90 Å². The summed E-state index contributed by atoms with van der Waals surface area (Å²) in [5.41, 5.74) is -0.354. The molecule has 0 spiro atoms. The zero-order valence-electron chi connectivity index (χ0n) is 10.5. The van der Waals surface area contributed by atoms with Gasteiger partial charge in [0.15, 0.2) is 0 Å². The zero-order chi connectivity index (χ0) is 14.2. The van der Waals surface area contributed by atoms with E-state index in [-0.39, 0.29) is 52.9 Å². The van der Waals surface area contributed by atoms with E-state index in [1.165, 1.54) is 6.07 Å². The molecule has 0 saturated heterocycles. The Balaban J connectivity index is 0.00000200. The van der Waals surface area contributed by atoms with E-state index < -0.39 is 29.1 Å². The molecule has 1 aliphatic heterocycles. The number of rotatable bonds is 4. The number of nitrogens with zero attached hydrogens (tertiary/aromatic N) is 2. The molecule has 8 nitrogen and oxygen atoms in total. The first-order valence-electron chi connectivity index (χ1n) is 5.26. The van der Waals surface area contributed by atoms with Crippen LogP contribution in [0.2, 0.25) is 0 Å². The summed E-state index contributed by atoms with van der Waals surface area (Å²) < 4.78 is 0. The van der Waals surface area contributed by atoms with Crippen LogP contribution >= 0.6 is 0 Å². The van der Waals surface area contributed by atoms with E-state index in [0.717, 1.165) is 17.0 Å². The number of aliphatic carboxylic acids is 1. The molecule has 0 fully saturated rings.